The zero-order valence-corrected chi connectivity index (χ0v) is 15.8. The average molecular weight is 358 g/mol. The standard InChI is InChI=1S/C20H26N2O4/c1-5-23-19(24-6-2)17(16-12-10-9-11-13-16)18(14-21,15-22)20(19,25-7-3)26-8-4/h9-13,17H,5-8H2,1-4H3. The summed E-state index contributed by atoms with van der Waals surface area (Å²) in [6, 6.07) is 13.7. The summed E-state index contributed by atoms with van der Waals surface area (Å²) in [6.07, 6.45) is 0. The molecule has 0 aromatic heterocycles. The lowest BCUT2D eigenvalue weighted by molar-refractivity contribution is -0.496. The van der Waals surface area contributed by atoms with E-state index in [0.29, 0.717) is 13.2 Å². The van der Waals surface area contributed by atoms with Gasteiger partial charge < -0.3 is 18.9 Å². The molecule has 0 heterocycles. The van der Waals surface area contributed by atoms with E-state index in [0.717, 1.165) is 5.56 Å². The summed E-state index contributed by atoms with van der Waals surface area (Å²) < 4.78 is 24.1. The number of ether oxygens (including phenoxy) is 4. The average Bonchev–Trinajstić information content (AvgIpc) is 2.66. The van der Waals surface area contributed by atoms with Gasteiger partial charge in [-0.25, -0.2) is 0 Å². The lowest BCUT2D eigenvalue weighted by Gasteiger charge is -2.66. The van der Waals surface area contributed by atoms with Crippen LogP contribution in [0.15, 0.2) is 30.3 Å². The fourth-order valence-corrected chi connectivity index (χ4v) is 3.98. The van der Waals surface area contributed by atoms with Crippen LogP contribution < -0.4 is 0 Å². The van der Waals surface area contributed by atoms with Crippen LogP contribution in [-0.4, -0.2) is 38.0 Å². The Kier molecular flexibility index (Phi) is 6.39. The molecule has 2 rings (SSSR count). The second-order valence-corrected chi connectivity index (χ2v) is 5.89. The lowest BCUT2D eigenvalue weighted by atomic mass is 9.49. The van der Waals surface area contributed by atoms with E-state index in [1.54, 1.807) is 13.8 Å². The molecule has 1 fully saturated rings. The monoisotopic (exact) mass is 358 g/mol. The number of nitriles is 2. The van der Waals surface area contributed by atoms with Crippen LogP contribution in [0.2, 0.25) is 0 Å². The summed E-state index contributed by atoms with van der Waals surface area (Å²) in [5.41, 5.74) is -0.836. The van der Waals surface area contributed by atoms with Crippen molar-refractivity contribution >= 4 is 0 Å². The Hall–Kier alpha value is -1.96. The second kappa shape index (κ2) is 8.16. The first-order chi connectivity index (χ1) is 12.6. The number of benzene rings is 1. The van der Waals surface area contributed by atoms with Crippen molar-refractivity contribution in [1.29, 1.82) is 10.5 Å². The van der Waals surface area contributed by atoms with Crippen molar-refractivity contribution in [1.82, 2.24) is 0 Å². The molecule has 1 aliphatic carbocycles. The second-order valence-electron chi connectivity index (χ2n) is 5.89. The van der Waals surface area contributed by atoms with E-state index in [4.69, 9.17) is 18.9 Å². The molecule has 0 N–H and O–H groups in total. The Bertz CT molecular complexity index is 651. The Morgan fingerprint density at radius 1 is 0.808 bits per heavy atom. The molecule has 1 unspecified atom stereocenters. The third-order valence-corrected chi connectivity index (χ3v) is 4.69. The maximum absolute atomic E-state index is 10.1. The number of hydrogen-bond donors (Lipinski definition) is 0. The van der Waals surface area contributed by atoms with Gasteiger partial charge in [-0.2, -0.15) is 10.5 Å². The number of hydrogen-bond acceptors (Lipinski definition) is 6. The van der Waals surface area contributed by atoms with E-state index >= 15 is 0 Å². The molecule has 140 valence electrons. The van der Waals surface area contributed by atoms with E-state index in [1.807, 2.05) is 44.2 Å². The summed E-state index contributed by atoms with van der Waals surface area (Å²) in [5, 5.41) is 20.2. The van der Waals surface area contributed by atoms with E-state index in [1.165, 1.54) is 0 Å². The van der Waals surface area contributed by atoms with Crippen molar-refractivity contribution in [3.63, 3.8) is 0 Å². The third kappa shape index (κ3) is 2.53. The van der Waals surface area contributed by atoms with Gasteiger partial charge in [0.1, 0.15) is 0 Å². The van der Waals surface area contributed by atoms with Crippen LogP contribution in [0.25, 0.3) is 0 Å². The minimum absolute atomic E-state index is 0.245. The van der Waals surface area contributed by atoms with Gasteiger partial charge in [0, 0.05) is 26.4 Å². The van der Waals surface area contributed by atoms with E-state index < -0.39 is 22.9 Å². The lowest BCUT2D eigenvalue weighted by Crippen LogP contribution is -2.83. The Morgan fingerprint density at radius 3 is 1.65 bits per heavy atom. The van der Waals surface area contributed by atoms with Gasteiger partial charge in [-0.1, -0.05) is 30.3 Å². The first kappa shape index (κ1) is 20.4. The molecule has 6 heteroatoms. The van der Waals surface area contributed by atoms with Crippen LogP contribution in [0.5, 0.6) is 0 Å². The maximum Gasteiger partial charge on any atom is 0.258 e. The van der Waals surface area contributed by atoms with Gasteiger partial charge in [-0.05, 0) is 33.3 Å². The van der Waals surface area contributed by atoms with E-state index in [9.17, 15) is 10.5 Å². The minimum atomic E-state index is -1.64. The van der Waals surface area contributed by atoms with E-state index in [2.05, 4.69) is 12.1 Å². The molecule has 0 aliphatic heterocycles. The molecular weight excluding hydrogens is 332 g/mol. The fraction of sp³-hybridized carbons (Fsp3) is 0.600. The molecule has 0 amide bonds. The highest BCUT2D eigenvalue weighted by atomic mass is 16.8. The quantitative estimate of drug-likeness (QED) is 0.629. The molecule has 6 nitrogen and oxygen atoms in total. The molecule has 0 saturated heterocycles. The molecule has 0 radical (unpaired) electrons. The number of rotatable bonds is 9. The van der Waals surface area contributed by atoms with Crippen molar-refractivity contribution in [3.05, 3.63) is 35.9 Å². The molecular formula is C20H26N2O4. The predicted octanol–water partition coefficient (Wildman–Crippen LogP) is 3.36. The van der Waals surface area contributed by atoms with Gasteiger partial charge in [0.25, 0.3) is 5.79 Å². The summed E-state index contributed by atoms with van der Waals surface area (Å²) >= 11 is 0. The summed E-state index contributed by atoms with van der Waals surface area (Å²) in [4.78, 5) is 0. The fourth-order valence-electron chi connectivity index (χ4n) is 3.98. The van der Waals surface area contributed by atoms with Gasteiger partial charge in [-0.3, -0.25) is 0 Å². The highest BCUT2D eigenvalue weighted by Crippen LogP contribution is 2.69. The van der Waals surface area contributed by atoms with Crippen molar-refractivity contribution in [2.24, 2.45) is 5.41 Å². The topological polar surface area (TPSA) is 84.5 Å². The Labute approximate surface area is 155 Å². The first-order valence-corrected chi connectivity index (χ1v) is 9.02. The molecule has 26 heavy (non-hydrogen) atoms. The smallest absolute Gasteiger partial charge is 0.258 e. The predicted molar refractivity (Wildman–Crippen MR) is 94.8 cm³/mol. The summed E-state index contributed by atoms with van der Waals surface area (Å²) in [5.74, 6) is -3.71. The normalized spacial score (nSPS) is 22.0. The van der Waals surface area contributed by atoms with Crippen LogP contribution in [0.4, 0.5) is 0 Å². The van der Waals surface area contributed by atoms with Gasteiger partial charge in [0.05, 0.1) is 18.1 Å². The van der Waals surface area contributed by atoms with Crippen LogP contribution in [0, 0.1) is 28.1 Å². The van der Waals surface area contributed by atoms with Crippen LogP contribution in [0.3, 0.4) is 0 Å². The van der Waals surface area contributed by atoms with Crippen molar-refractivity contribution in [2.45, 2.75) is 45.2 Å². The van der Waals surface area contributed by atoms with Gasteiger partial charge in [0.15, 0.2) is 0 Å². The summed E-state index contributed by atoms with van der Waals surface area (Å²) in [7, 11) is 0. The van der Waals surface area contributed by atoms with Gasteiger partial charge in [0.2, 0.25) is 11.2 Å². The van der Waals surface area contributed by atoms with Crippen LogP contribution in [0.1, 0.15) is 39.2 Å². The molecule has 1 aliphatic rings. The van der Waals surface area contributed by atoms with Crippen molar-refractivity contribution in [3.8, 4) is 12.1 Å². The van der Waals surface area contributed by atoms with Gasteiger partial charge >= 0.3 is 0 Å². The van der Waals surface area contributed by atoms with E-state index in [-0.39, 0.29) is 13.2 Å². The Morgan fingerprint density at radius 2 is 1.27 bits per heavy atom. The molecule has 1 atom stereocenters. The molecule has 0 spiro atoms. The maximum atomic E-state index is 10.1. The zero-order chi connectivity index (χ0) is 19.3. The molecule has 0 bridgehead atoms. The van der Waals surface area contributed by atoms with Crippen molar-refractivity contribution < 1.29 is 18.9 Å². The number of nitrogens with zero attached hydrogens (tertiary/aromatic N) is 2. The molecule has 1 aromatic rings. The Balaban J connectivity index is 2.78. The highest BCUT2D eigenvalue weighted by Gasteiger charge is 2.87. The highest BCUT2D eigenvalue weighted by molar-refractivity contribution is 5.47. The molecule has 1 saturated carbocycles. The molecule has 1 aromatic carbocycles. The van der Waals surface area contributed by atoms with Crippen molar-refractivity contribution in [2.75, 3.05) is 26.4 Å². The van der Waals surface area contributed by atoms with Crippen LogP contribution in [-0.2, 0) is 18.9 Å². The minimum Gasteiger partial charge on any atom is -0.345 e. The van der Waals surface area contributed by atoms with Crippen LogP contribution >= 0.6 is 0 Å². The first-order valence-electron chi connectivity index (χ1n) is 9.02. The zero-order valence-electron chi connectivity index (χ0n) is 15.8. The SMILES string of the molecule is CCOC1(OCC)C(c2ccccc2)C(C#N)(C#N)C1(OCC)OCC. The summed E-state index contributed by atoms with van der Waals surface area (Å²) in [6.45, 7) is 8.38. The largest absolute Gasteiger partial charge is 0.345 e. The van der Waals surface area contributed by atoms with Gasteiger partial charge in [-0.15, -0.1) is 0 Å². The third-order valence-electron chi connectivity index (χ3n) is 4.69.